The average Bonchev–Trinajstić information content (AvgIpc) is 3.33. The zero-order chi connectivity index (χ0) is 50.9. The third-order valence-electron chi connectivity index (χ3n) is 12.3. The highest BCUT2D eigenvalue weighted by Gasteiger charge is 2.34. The van der Waals surface area contributed by atoms with Crippen molar-refractivity contribution >= 4 is 47.6 Å². The number of unbranched alkanes of at least 4 members (excludes halogenated alkanes) is 12. The van der Waals surface area contributed by atoms with Gasteiger partial charge in [-0.25, -0.2) is 0 Å². The van der Waals surface area contributed by atoms with E-state index in [9.17, 15) is 48.6 Å². The van der Waals surface area contributed by atoms with Gasteiger partial charge in [-0.05, 0) is 55.7 Å². The molecule has 1 aliphatic rings. The number of aldehydes is 1. The molecule has 19 heteroatoms. The number of ether oxygens (including phenoxy) is 1. The van der Waals surface area contributed by atoms with Crippen LogP contribution in [0.1, 0.15) is 128 Å². The van der Waals surface area contributed by atoms with Crippen molar-refractivity contribution in [3.05, 3.63) is 47.5 Å². The van der Waals surface area contributed by atoms with Gasteiger partial charge in [-0.15, -0.1) is 0 Å². The number of nitrogens with zero attached hydrogens (tertiary/aromatic N) is 2. The summed E-state index contributed by atoms with van der Waals surface area (Å²) >= 11 is 0. The molecule has 2 aromatic carbocycles. The van der Waals surface area contributed by atoms with Crippen molar-refractivity contribution in [3.8, 4) is 22.6 Å². The van der Waals surface area contributed by atoms with Gasteiger partial charge in [0.2, 0.25) is 41.4 Å². The fourth-order valence-electron chi connectivity index (χ4n) is 8.05. The predicted molar refractivity (Wildman–Crippen MR) is 260 cm³/mol. The van der Waals surface area contributed by atoms with E-state index >= 15 is 0 Å². The van der Waals surface area contributed by atoms with Gasteiger partial charge in [-0.2, -0.15) is 0 Å². The number of aromatic hydroxyl groups is 1. The fraction of sp³-hybridized carbons (Fsp3) is 0.600. The number of carbonyl (C=O) groups is 8. The van der Waals surface area contributed by atoms with Gasteiger partial charge in [0.1, 0.15) is 54.6 Å². The number of carbonyl (C=O) groups excluding carboxylic acids is 8. The number of benzene rings is 2. The number of fused-ring (bicyclic) bond motifs is 5. The van der Waals surface area contributed by atoms with E-state index < -0.39 is 78.8 Å². The van der Waals surface area contributed by atoms with E-state index in [1.807, 2.05) is 0 Å². The van der Waals surface area contributed by atoms with Crippen molar-refractivity contribution in [1.82, 2.24) is 36.4 Å². The zero-order valence-electron chi connectivity index (χ0n) is 41.1. The molecule has 7 amide bonds. The molecule has 0 aliphatic carbocycles. The minimum absolute atomic E-state index is 0.0603. The summed E-state index contributed by atoms with van der Waals surface area (Å²) in [5, 5.41) is 33.9. The number of hydrogen-bond donors (Lipinski definition) is 8. The number of likely N-dealkylation sites (N-methyl/N-ethyl adjacent to an activating group) is 2. The molecule has 0 unspecified atom stereocenters. The van der Waals surface area contributed by atoms with Gasteiger partial charge in [-0.1, -0.05) is 96.1 Å². The molecule has 1 heterocycles. The molecule has 1 aliphatic heterocycles. The molecule has 19 nitrogen and oxygen atoms in total. The maximum Gasteiger partial charge on any atom is 0.248 e. The highest BCUT2D eigenvalue weighted by Crippen LogP contribution is 2.39. The van der Waals surface area contributed by atoms with Gasteiger partial charge >= 0.3 is 0 Å². The summed E-state index contributed by atoms with van der Waals surface area (Å²) in [4.78, 5) is 107. The first-order valence-corrected chi connectivity index (χ1v) is 24.4. The molecule has 382 valence electrons. The molecule has 0 aromatic heterocycles. The van der Waals surface area contributed by atoms with Crippen LogP contribution in [0.25, 0.3) is 11.1 Å². The first-order valence-electron chi connectivity index (χ1n) is 24.4. The summed E-state index contributed by atoms with van der Waals surface area (Å²) in [5.74, 6) is -4.76. The Morgan fingerprint density at radius 3 is 2.09 bits per heavy atom. The predicted octanol–water partition coefficient (Wildman–Crippen LogP) is 2.68. The van der Waals surface area contributed by atoms with Crippen LogP contribution in [0.4, 0.5) is 0 Å². The first-order chi connectivity index (χ1) is 33.1. The monoisotopic (exact) mass is 965 g/mol. The van der Waals surface area contributed by atoms with Gasteiger partial charge in [0.25, 0.3) is 0 Å². The second-order valence-electron chi connectivity index (χ2n) is 17.7. The zero-order valence-corrected chi connectivity index (χ0v) is 41.1. The Morgan fingerprint density at radius 1 is 0.841 bits per heavy atom. The summed E-state index contributed by atoms with van der Waals surface area (Å²) < 4.78 is 5.92. The van der Waals surface area contributed by atoms with Gasteiger partial charge < -0.3 is 61.9 Å². The highest BCUT2D eigenvalue weighted by molar-refractivity contribution is 5.97. The second kappa shape index (κ2) is 30.4. The number of aliphatic hydroxyl groups excluding tert-OH is 1. The maximum atomic E-state index is 14.2. The van der Waals surface area contributed by atoms with Crippen LogP contribution in [0.2, 0.25) is 0 Å². The lowest BCUT2D eigenvalue weighted by Gasteiger charge is -2.30. The Hall–Kier alpha value is -6.08. The molecule has 4 bridgehead atoms. The van der Waals surface area contributed by atoms with Crippen LogP contribution >= 0.6 is 0 Å². The van der Waals surface area contributed by atoms with E-state index in [1.165, 1.54) is 103 Å². The van der Waals surface area contributed by atoms with E-state index in [-0.39, 0.29) is 61.1 Å². The van der Waals surface area contributed by atoms with Crippen LogP contribution in [0.15, 0.2) is 36.4 Å². The van der Waals surface area contributed by atoms with E-state index in [1.54, 1.807) is 24.3 Å². The van der Waals surface area contributed by atoms with Crippen molar-refractivity contribution in [2.24, 2.45) is 5.73 Å². The summed E-state index contributed by atoms with van der Waals surface area (Å²) in [7, 11) is 2.74. The van der Waals surface area contributed by atoms with E-state index in [2.05, 4.69) is 33.5 Å². The van der Waals surface area contributed by atoms with Crippen LogP contribution in [-0.2, 0) is 44.8 Å². The van der Waals surface area contributed by atoms with Crippen molar-refractivity contribution in [1.29, 1.82) is 0 Å². The number of hydrogen-bond acceptors (Lipinski definition) is 12. The molecule has 0 spiro atoms. The van der Waals surface area contributed by atoms with Crippen molar-refractivity contribution < 1.29 is 53.3 Å². The third-order valence-corrected chi connectivity index (χ3v) is 12.3. The van der Waals surface area contributed by atoms with Crippen LogP contribution in [-0.4, -0.2) is 139 Å². The number of amides is 7. The molecule has 0 saturated carbocycles. The molecule has 5 atom stereocenters. The summed E-state index contributed by atoms with van der Waals surface area (Å²) in [5.41, 5.74) is 7.01. The van der Waals surface area contributed by atoms with Crippen LogP contribution in [0, 0.1) is 0 Å². The molecule has 3 rings (SSSR count). The Labute approximate surface area is 406 Å². The minimum Gasteiger partial charge on any atom is -0.507 e. The number of phenols is 1. The summed E-state index contributed by atoms with van der Waals surface area (Å²) in [6, 6.07) is 2.81. The Morgan fingerprint density at radius 2 is 1.48 bits per heavy atom. The Kier molecular flexibility index (Phi) is 25.2. The van der Waals surface area contributed by atoms with Gasteiger partial charge in [-0.3, -0.25) is 33.6 Å². The highest BCUT2D eigenvalue weighted by atomic mass is 16.5. The Bertz CT molecular complexity index is 2030. The third kappa shape index (κ3) is 18.4. The number of aliphatic hydroxyl groups is 1. The van der Waals surface area contributed by atoms with E-state index in [4.69, 9.17) is 10.5 Å². The normalized spacial score (nSPS) is 16.7. The molecular formula is C50H76N8O11. The molecule has 0 fully saturated rings. The largest absolute Gasteiger partial charge is 0.507 e. The van der Waals surface area contributed by atoms with Crippen molar-refractivity contribution in [2.45, 2.75) is 147 Å². The van der Waals surface area contributed by atoms with Gasteiger partial charge in [0.15, 0.2) is 0 Å². The lowest BCUT2D eigenvalue weighted by Crippen LogP contribution is -2.56. The fourth-order valence-corrected chi connectivity index (χ4v) is 8.05. The SMILES string of the molecule is CCCCCCCCCCCCCCCC(=O)N(C)[C@H](CO)C(=O)N[C@H](C)C(=O)NCC(=O)N(C)[C@@H]1C(=O)N[C@@H](C)C(=O)N[C@H](C(=O)NCC=O)Cc2ccc(O)c(c2)-c2cc1ccc2OCCN. The molecule has 2 aromatic rings. The molecule has 0 saturated heterocycles. The maximum absolute atomic E-state index is 14.2. The quantitative estimate of drug-likeness (QED) is 0.0452. The standard InChI is InChI=1S/C50H76N8O11/c1-6-7-8-9-10-11-12-13-14-15-16-17-18-19-43(62)57(4)40(32-60)49(67)54-33(2)46(64)53-31-44(63)58(5)45-36-21-23-42(69-27-24-51)38(30-36)37-28-35(20-22-41(37)61)29-39(48(66)52-25-26-59)56-47(65)34(3)55-50(45)68/h20-23,26,28,30,33-34,39-40,45,60-61H,6-19,24-25,27,29,31-32,51H2,1-5H3,(H,52,66)(H,53,64)(H,54,67)(H,55,68)(H,56,65)/t33-,34+,39+,40-,45+/m1/s1. The van der Waals surface area contributed by atoms with Crippen LogP contribution in [0.3, 0.4) is 0 Å². The topological polar surface area (TPSA) is 279 Å². The van der Waals surface area contributed by atoms with Gasteiger partial charge in [0, 0.05) is 44.6 Å². The van der Waals surface area contributed by atoms with E-state index in [0.29, 0.717) is 23.8 Å². The number of nitrogens with two attached hydrogens (primary N) is 1. The molecular weight excluding hydrogens is 889 g/mol. The summed E-state index contributed by atoms with van der Waals surface area (Å²) in [6.07, 6.45) is 15.7. The first kappa shape index (κ1) is 57.2. The van der Waals surface area contributed by atoms with Gasteiger partial charge in [0.05, 0.1) is 19.7 Å². The summed E-state index contributed by atoms with van der Waals surface area (Å²) in [6.45, 7) is 3.59. The van der Waals surface area contributed by atoms with E-state index in [0.717, 1.165) is 24.2 Å². The second-order valence-corrected chi connectivity index (χ2v) is 17.7. The van der Waals surface area contributed by atoms with Crippen LogP contribution < -0.4 is 37.1 Å². The molecule has 69 heavy (non-hydrogen) atoms. The lowest BCUT2D eigenvalue weighted by molar-refractivity contribution is -0.142. The average molecular weight is 965 g/mol. The number of nitrogens with one attached hydrogen (secondary N) is 5. The van der Waals surface area contributed by atoms with Crippen molar-refractivity contribution in [2.75, 3.05) is 46.9 Å². The Balaban J connectivity index is 1.69. The molecule has 0 radical (unpaired) electrons. The van der Waals surface area contributed by atoms with Crippen LogP contribution in [0.5, 0.6) is 11.5 Å². The van der Waals surface area contributed by atoms with Crippen molar-refractivity contribution in [3.63, 3.8) is 0 Å². The lowest BCUT2D eigenvalue weighted by atomic mass is 9.93. The number of phenolic OH excluding ortho intramolecular Hbond substituents is 1. The number of rotatable bonds is 28. The molecule has 9 N–H and O–H groups in total. The smallest absolute Gasteiger partial charge is 0.248 e. The minimum atomic E-state index is -1.44.